The lowest BCUT2D eigenvalue weighted by atomic mass is 9.87. The number of fused-ring (bicyclic) bond motifs is 2. The van der Waals surface area contributed by atoms with Crippen molar-refractivity contribution >= 4 is 39.4 Å². The Balaban J connectivity index is 2.06. The molecule has 2 heterocycles. The van der Waals surface area contributed by atoms with Crippen LogP contribution in [-0.2, 0) is 0 Å². The van der Waals surface area contributed by atoms with Crippen molar-refractivity contribution in [1.29, 1.82) is 0 Å². The van der Waals surface area contributed by atoms with E-state index >= 15 is 0 Å². The van der Waals surface area contributed by atoms with Crippen LogP contribution in [0, 0.1) is 5.92 Å². The van der Waals surface area contributed by atoms with Crippen molar-refractivity contribution in [3.05, 3.63) is 47.3 Å². The van der Waals surface area contributed by atoms with Crippen molar-refractivity contribution in [3.8, 4) is 0 Å². The van der Waals surface area contributed by atoms with Gasteiger partial charge in [0.05, 0.1) is 16.6 Å². The number of Topliss-reactive ketones (excluding diaryl/α,β-unsaturated/α-hetero) is 1. The van der Waals surface area contributed by atoms with E-state index in [1.165, 1.54) is 13.2 Å². The van der Waals surface area contributed by atoms with Crippen molar-refractivity contribution in [3.63, 3.8) is 0 Å². The van der Waals surface area contributed by atoms with Crippen LogP contribution in [0.15, 0.2) is 30.6 Å². The normalized spacial score (nSPS) is 16.8. The van der Waals surface area contributed by atoms with Crippen LogP contribution in [0.3, 0.4) is 0 Å². The minimum atomic E-state index is -0.453. The van der Waals surface area contributed by atoms with E-state index in [1.54, 1.807) is 18.3 Å². The highest BCUT2D eigenvalue weighted by Gasteiger charge is 2.40. The highest BCUT2D eigenvalue weighted by atomic mass is 16.2. The maximum Gasteiger partial charge on any atom is 0.261 e. The summed E-state index contributed by atoms with van der Waals surface area (Å²) in [7, 11) is 1.44. The average Bonchev–Trinajstić information content (AvgIpc) is 3.48. The number of aromatic nitrogens is 2. The smallest absolute Gasteiger partial charge is 0.261 e. The number of rotatable bonds is 2. The molecule has 1 aromatic heterocycles. The predicted octanol–water partition coefficient (Wildman–Crippen LogP) is 2.60. The van der Waals surface area contributed by atoms with Gasteiger partial charge >= 0.3 is 0 Å². The summed E-state index contributed by atoms with van der Waals surface area (Å²) in [6.45, 7) is 0. The van der Waals surface area contributed by atoms with Gasteiger partial charge in [-0.3, -0.25) is 29.3 Å². The summed E-state index contributed by atoms with van der Waals surface area (Å²) in [5, 5.41) is 1.20. The third-order valence-electron chi connectivity index (χ3n) is 5.00. The zero-order valence-corrected chi connectivity index (χ0v) is 13.4. The summed E-state index contributed by atoms with van der Waals surface area (Å²) in [6.07, 6.45) is 4.73. The van der Waals surface area contributed by atoms with Gasteiger partial charge in [0.15, 0.2) is 5.78 Å². The van der Waals surface area contributed by atoms with Crippen LogP contribution in [0.25, 0.3) is 21.8 Å². The standard InChI is InChI=1S/C19H13N3O3/c1-22-18(24)11-4-2-3-10-12(11)13(19(22)25)14(17(23)9-5-6-9)16-15(10)20-7-8-21-16/h2-4,7-9H,5-6H2,1H3. The molecule has 2 amide bonds. The Kier molecular flexibility index (Phi) is 2.67. The third kappa shape index (κ3) is 1.76. The highest BCUT2D eigenvalue weighted by molar-refractivity contribution is 6.33. The van der Waals surface area contributed by atoms with Gasteiger partial charge in [-0.05, 0) is 18.9 Å². The number of hydrogen-bond donors (Lipinski definition) is 0. The zero-order chi connectivity index (χ0) is 17.3. The number of hydrogen-bond acceptors (Lipinski definition) is 5. The molecule has 0 bridgehead atoms. The second-order valence-corrected chi connectivity index (χ2v) is 6.54. The fourth-order valence-corrected chi connectivity index (χ4v) is 3.60. The Hall–Kier alpha value is -3.15. The molecule has 0 unspecified atom stereocenters. The first kappa shape index (κ1) is 14.2. The first-order chi connectivity index (χ1) is 12.1. The van der Waals surface area contributed by atoms with E-state index in [-0.39, 0.29) is 23.2 Å². The first-order valence-corrected chi connectivity index (χ1v) is 8.15. The molecule has 1 aliphatic carbocycles. The van der Waals surface area contributed by atoms with Gasteiger partial charge in [-0.25, -0.2) is 0 Å². The number of carbonyl (C=O) groups excluding carboxylic acids is 3. The molecule has 2 aromatic carbocycles. The molecule has 0 spiro atoms. The molecule has 0 atom stereocenters. The fraction of sp³-hybridized carbons (Fsp3) is 0.211. The molecule has 1 saturated carbocycles. The van der Waals surface area contributed by atoms with Gasteiger partial charge in [0.1, 0.15) is 5.52 Å². The maximum atomic E-state index is 13.0. The van der Waals surface area contributed by atoms with E-state index < -0.39 is 5.91 Å². The maximum absolute atomic E-state index is 13.0. The van der Waals surface area contributed by atoms with Crippen LogP contribution in [0.5, 0.6) is 0 Å². The third-order valence-corrected chi connectivity index (χ3v) is 5.00. The molecular weight excluding hydrogens is 318 g/mol. The Morgan fingerprint density at radius 1 is 1.08 bits per heavy atom. The highest BCUT2D eigenvalue weighted by Crippen LogP contribution is 2.41. The van der Waals surface area contributed by atoms with E-state index in [1.807, 2.05) is 6.07 Å². The molecule has 1 fully saturated rings. The van der Waals surface area contributed by atoms with Crippen molar-refractivity contribution in [2.45, 2.75) is 12.8 Å². The predicted molar refractivity (Wildman–Crippen MR) is 90.5 cm³/mol. The summed E-state index contributed by atoms with van der Waals surface area (Å²) >= 11 is 0. The summed E-state index contributed by atoms with van der Waals surface area (Å²) in [6, 6.07) is 5.26. The molecule has 1 aliphatic heterocycles. The Morgan fingerprint density at radius 2 is 1.80 bits per heavy atom. The van der Waals surface area contributed by atoms with E-state index in [9.17, 15) is 14.4 Å². The lowest BCUT2D eigenvalue weighted by Gasteiger charge is -2.26. The lowest BCUT2D eigenvalue weighted by molar-refractivity contribution is 0.0647. The molecule has 0 N–H and O–H groups in total. The minimum absolute atomic E-state index is 0.0678. The molecule has 6 heteroatoms. The fourth-order valence-electron chi connectivity index (χ4n) is 3.60. The Labute approximate surface area is 142 Å². The quantitative estimate of drug-likeness (QED) is 0.410. The number of ketones is 1. The van der Waals surface area contributed by atoms with E-state index in [2.05, 4.69) is 9.97 Å². The molecule has 5 rings (SSSR count). The SMILES string of the molecule is CN1C(=O)c2cccc3c2c(c(C(=O)C2CC2)c2nccnc23)C1=O. The number of amides is 2. The summed E-state index contributed by atoms with van der Waals surface area (Å²) in [4.78, 5) is 48.3. The molecule has 0 radical (unpaired) electrons. The van der Waals surface area contributed by atoms with Crippen LogP contribution in [0.2, 0.25) is 0 Å². The number of benzene rings is 2. The van der Waals surface area contributed by atoms with Gasteiger partial charge in [-0.15, -0.1) is 0 Å². The summed E-state index contributed by atoms with van der Waals surface area (Å²) < 4.78 is 0. The van der Waals surface area contributed by atoms with Crippen LogP contribution >= 0.6 is 0 Å². The van der Waals surface area contributed by atoms with Crippen LogP contribution in [0.1, 0.15) is 43.9 Å². The first-order valence-electron chi connectivity index (χ1n) is 8.15. The van der Waals surface area contributed by atoms with Gasteiger partial charge in [0.25, 0.3) is 11.8 Å². The Morgan fingerprint density at radius 3 is 2.52 bits per heavy atom. The molecule has 3 aromatic rings. The van der Waals surface area contributed by atoms with E-state index in [0.29, 0.717) is 32.9 Å². The van der Waals surface area contributed by atoms with Crippen molar-refractivity contribution in [1.82, 2.24) is 14.9 Å². The van der Waals surface area contributed by atoms with Gasteiger partial charge in [-0.2, -0.15) is 0 Å². The van der Waals surface area contributed by atoms with Crippen LogP contribution in [0.4, 0.5) is 0 Å². The Bertz CT molecular complexity index is 1130. The second kappa shape index (κ2) is 4.69. The average molecular weight is 331 g/mol. The van der Waals surface area contributed by atoms with Crippen molar-refractivity contribution < 1.29 is 14.4 Å². The van der Waals surface area contributed by atoms with Gasteiger partial charge < -0.3 is 0 Å². The van der Waals surface area contributed by atoms with E-state index in [4.69, 9.17) is 0 Å². The lowest BCUT2D eigenvalue weighted by Crippen LogP contribution is -2.38. The number of imide groups is 1. The zero-order valence-electron chi connectivity index (χ0n) is 13.4. The number of carbonyl (C=O) groups is 3. The topological polar surface area (TPSA) is 80.2 Å². The van der Waals surface area contributed by atoms with Crippen LogP contribution < -0.4 is 0 Å². The molecule has 122 valence electrons. The molecule has 6 nitrogen and oxygen atoms in total. The summed E-state index contributed by atoms with van der Waals surface area (Å²) in [5.74, 6) is -0.962. The van der Waals surface area contributed by atoms with Crippen LogP contribution in [-0.4, -0.2) is 39.5 Å². The van der Waals surface area contributed by atoms with Crippen molar-refractivity contribution in [2.75, 3.05) is 7.05 Å². The molecule has 0 saturated heterocycles. The van der Waals surface area contributed by atoms with Gasteiger partial charge in [0, 0.05) is 41.7 Å². The summed E-state index contributed by atoms with van der Waals surface area (Å²) in [5.41, 5.74) is 2.02. The largest absolute Gasteiger partial charge is 0.294 e. The van der Waals surface area contributed by atoms with Gasteiger partial charge in [-0.1, -0.05) is 12.1 Å². The second-order valence-electron chi connectivity index (χ2n) is 6.54. The van der Waals surface area contributed by atoms with E-state index in [0.717, 1.165) is 17.7 Å². The molecule has 2 aliphatic rings. The monoisotopic (exact) mass is 331 g/mol. The van der Waals surface area contributed by atoms with Crippen molar-refractivity contribution in [2.24, 2.45) is 5.92 Å². The molecular formula is C19H13N3O3. The number of nitrogens with zero attached hydrogens (tertiary/aromatic N) is 3. The minimum Gasteiger partial charge on any atom is -0.294 e. The molecule has 25 heavy (non-hydrogen) atoms. The van der Waals surface area contributed by atoms with Gasteiger partial charge in [0.2, 0.25) is 0 Å².